The van der Waals surface area contributed by atoms with Gasteiger partial charge in [0, 0.05) is 67.3 Å². The van der Waals surface area contributed by atoms with Crippen molar-refractivity contribution in [3.05, 3.63) is 271 Å². The number of aryl methyl sites for hydroxylation is 4. The molecule has 5 heteroatoms. The van der Waals surface area contributed by atoms with Crippen LogP contribution in [0.1, 0.15) is 22.3 Å². The summed E-state index contributed by atoms with van der Waals surface area (Å²) < 4.78 is 2.46. The van der Waals surface area contributed by atoms with Gasteiger partial charge in [0.1, 0.15) is 0 Å². The van der Waals surface area contributed by atoms with E-state index in [9.17, 15) is 0 Å². The largest absolute Gasteiger partial charge is 0.310 e. The molecule has 2 heterocycles. The van der Waals surface area contributed by atoms with E-state index in [0.717, 1.165) is 90.3 Å². The van der Waals surface area contributed by atoms with Crippen molar-refractivity contribution in [2.24, 2.45) is 0 Å². The van der Waals surface area contributed by atoms with E-state index in [4.69, 9.17) is 9.97 Å². The molecule has 0 spiro atoms. The van der Waals surface area contributed by atoms with Crippen LogP contribution >= 0.6 is 0 Å². The lowest BCUT2D eigenvalue weighted by Crippen LogP contribution is -2.09. The molecule has 0 amide bonds. The van der Waals surface area contributed by atoms with Crippen LogP contribution in [0.4, 0.5) is 34.1 Å². The summed E-state index contributed by atoms with van der Waals surface area (Å²) in [6.07, 6.45) is 0. The fourth-order valence-corrected chi connectivity index (χ4v) is 10.4. The average Bonchev–Trinajstić information content (AvgIpc) is 3.75. The van der Waals surface area contributed by atoms with Gasteiger partial charge in [0.05, 0.1) is 22.4 Å². The molecule has 5 nitrogen and oxygen atoms in total. The van der Waals surface area contributed by atoms with Crippen LogP contribution in [0.2, 0.25) is 0 Å². The van der Waals surface area contributed by atoms with Crippen LogP contribution < -0.4 is 9.80 Å². The van der Waals surface area contributed by atoms with Crippen LogP contribution in [0.15, 0.2) is 249 Å². The Hall–Kier alpha value is -9.32. The number of fused-ring (bicyclic) bond motifs is 3. The second kappa shape index (κ2) is 19.1. The molecule has 10 aromatic carbocycles. The lowest BCUT2D eigenvalue weighted by Gasteiger charge is -2.26. The maximum Gasteiger partial charge on any atom is 0.160 e. The van der Waals surface area contributed by atoms with Gasteiger partial charge in [-0.25, -0.2) is 9.97 Å². The molecule has 0 saturated carbocycles. The molecule has 12 rings (SSSR count). The standard InChI is InChI=1S/C68H53N5/c1-46-19-17-21-52(39-46)64-45-63(69-68(70-64)53-22-18-20-47(2)40-53)51-33-31-50(32-34-51)60-41-49(4)67(42-48(60)3)73-65-37-35-58(71(54-23-9-5-10-24-54)55-25-11-6-12-26-55)43-61(65)62-44-59(36-38-66(62)73)72(56-27-13-7-14-28-56)57-29-15-8-16-30-57/h5-45H,1-4H3. The summed E-state index contributed by atoms with van der Waals surface area (Å²) in [6, 6.07) is 89.1. The monoisotopic (exact) mass is 939 g/mol. The first-order valence-electron chi connectivity index (χ1n) is 25.0. The minimum absolute atomic E-state index is 0.718. The van der Waals surface area contributed by atoms with E-state index in [-0.39, 0.29) is 0 Å². The zero-order valence-corrected chi connectivity index (χ0v) is 41.4. The summed E-state index contributed by atoms with van der Waals surface area (Å²) in [5.41, 5.74) is 22.0. The highest BCUT2D eigenvalue weighted by Gasteiger charge is 2.22. The minimum Gasteiger partial charge on any atom is -0.310 e. The molecular weight excluding hydrogens is 887 g/mol. The van der Waals surface area contributed by atoms with Gasteiger partial charge in [-0.15, -0.1) is 0 Å². The normalized spacial score (nSPS) is 11.3. The van der Waals surface area contributed by atoms with Gasteiger partial charge in [-0.05, 0) is 165 Å². The lowest BCUT2D eigenvalue weighted by molar-refractivity contribution is 1.14. The molecule has 0 fully saturated rings. The first-order valence-corrected chi connectivity index (χ1v) is 25.0. The van der Waals surface area contributed by atoms with E-state index < -0.39 is 0 Å². The third-order valence-electron chi connectivity index (χ3n) is 13.9. The molecule has 0 aliphatic heterocycles. The number of rotatable bonds is 11. The fourth-order valence-electron chi connectivity index (χ4n) is 10.4. The second-order valence-electron chi connectivity index (χ2n) is 19.0. The number of para-hydroxylation sites is 4. The molecule has 0 saturated heterocycles. The summed E-state index contributed by atoms with van der Waals surface area (Å²) in [5, 5.41) is 2.34. The quantitative estimate of drug-likeness (QED) is 0.129. The predicted octanol–water partition coefficient (Wildman–Crippen LogP) is 18.4. The van der Waals surface area contributed by atoms with Gasteiger partial charge >= 0.3 is 0 Å². The van der Waals surface area contributed by atoms with Gasteiger partial charge in [-0.3, -0.25) is 0 Å². The number of anilines is 6. The Morgan fingerprint density at radius 3 is 1.23 bits per heavy atom. The summed E-state index contributed by atoms with van der Waals surface area (Å²) >= 11 is 0. The third kappa shape index (κ3) is 8.72. The van der Waals surface area contributed by atoms with E-state index in [1.165, 1.54) is 38.6 Å². The van der Waals surface area contributed by atoms with Crippen LogP contribution in [0.5, 0.6) is 0 Å². The molecule has 0 aliphatic rings. The molecule has 0 N–H and O–H groups in total. The third-order valence-corrected chi connectivity index (χ3v) is 13.9. The van der Waals surface area contributed by atoms with Gasteiger partial charge < -0.3 is 14.4 Å². The smallest absolute Gasteiger partial charge is 0.160 e. The fraction of sp³-hybridized carbons (Fsp3) is 0.0588. The van der Waals surface area contributed by atoms with Crippen molar-refractivity contribution in [2.75, 3.05) is 9.80 Å². The number of benzene rings is 10. The predicted molar refractivity (Wildman–Crippen MR) is 306 cm³/mol. The van der Waals surface area contributed by atoms with E-state index >= 15 is 0 Å². The first kappa shape index (κ1) is 44.9. The van der Waals surface area contributed by atoms with Crippen LogP contribution in [0.25, 0.3) is 72.5 Å². The number of hydrogen-bond acceptors (Lipinski definition) is 4. The van der Waals surface area contributed by atoms with Crippen molar-refractivity contribution in [1.29, 1.82) is 0 Å². The maximum absolute atomic E-state index is 5.16. The first-order chi connectivity index (χ1) is 35.8. The molecule has 0 atom stereocenters. The highest BCUT2D eigenvalue weighted by molar-refractivity contribution is 6.12. The Bertz CT molecular complexity index is 3660. The Labute approximate surface area is 427 Å². The second-order valence-corrected chi connectivity index (χ2v) is 19.0. The average molecular weight is 940 g/mol. The Morgan fingerprint density at radius 1 is 0.315 bits per heavy atom. The Kier molecular flexibility index (Phi) is 11.7. The zero-order chi connectivity index (χ0) is 49.4. The van der Waals surface area contributed by atoms with Crippen LogP contribution in [0.3, 0.4) is 0 Å². The van der Waals surface area contributed by atoms with Gasteiger partial charge in [0.2, 0.25) is 0 Å². The summed E-state index contributed by atoms with van der Waals surface area (Å²) in [4.78, 5) is 14.9. The van der Waals surface area contributed by atoms with Crippen LogP contribution in [-0.4, -0.2) is 14.5 Å². The van der Waals surface area contributed by atoms with E-state index in [2.05, 4.69) is 291 Å². The van der Waals surface area contributed by atoms with Gasteiger partial charge in [0.25, 0.3) is 0 Å². The SMILES string of the molecule is Cc1cccc(-c2cc(-c3ccc(-c4cc(C)c(-n5c6ccc(N(c7ccccc7)c7ccccc7)cc6c6cc(N(c7ccccc7)c7ccccc7)ccc65)cc4C)cc3)nc(-c3cccc(C)c3)n2)c1. The van der Waals surface area contributed by atoms with Crippen molar-refractivity contribution < 1.29 is 0 Å². The van der Waals surface area contributed by atoms with Crippen LogP contribution in [0, 0.1) is 27.7 Å². The van der Waals surface area contributed by atoms with Gasteiger partial charge in [-0.2, -0.15) is 0 Å². The molecule has 12 aromatic rings. The van der Waals surface area contributed by atoms with Gasteiger partial charge in [-0.1, -0.05) is 145 Å². The number of nitrogens with zero attached hydrogens (tertiary/aromatic N) is 5. The topological polar surface area (TPSA) is 37.2 Å². The minimum atomic E-state index is 0.718. The lowest BCUT2D eigenvalue weighted by atomic mass is 9.95. The highest BCUT2D eigenvalue weighted by Crippen LogP contribution is 2.44. The van der Waals surface area contributed by atoms with E-state index in [0.29, 0.717) is 0 Å². The molecule has 0 aliphatic carbocycles. The maximum atomic E-state index is 5.16. The zero-order valence-electron chi connectivity index (χ0n) is 41.4. The van der Waals surface area contributed by atoms with Crippen molar-refractivity contribution in [1.82, 2.24) is 14.5 Å². The summed E-state index contributed by atoms with van der Waals surface area (Å²) in [7, 11) is 0. The van der Waals surface area contributed by atoms with Crippen molar-refractivity contribution in [2.45, 2.75) is 27.7 Å². The van der Waals surface area contributed by atoms with Crippen molar-refractivity contribution in [3.63, 3.8) is 0 Å². The Balaban J connectivity index is 0.981. The molecule has 0 unspecified atom stereocenters. The number of hydrogen-bond donors (Lipinski definition) is 0. The Morgan fingerprint density at radius 2 is 0.753 bits per heavy atom. The van der Waals surface area contributed by atoms with E-state index in [1.54, 1.807) is 0 Å². The molecule has 73 heavy (non-hydrogen) atoms. The van der Waals surface area contributed by atoms with E-state index in [1.807, 2.05) is 0 Å². The van der Waals surface area contributed by atoms with Crippen LogP contribution in [-0.2, 0) is 0 Å². The van der Waals surface area contributed by atoms with Crippen molar-refractivity contribution in [3.8, 4) is 50.7 Å². The molecular formula is C68H53N5. The summed E-state index contributed by atoms with van der Waals surface area (Å²) in [6.45, 7) is 8.71. The van der Waals surface area contributed by atoms with Crippen molar-refractivity contribution >= 4 is 55.9 Å². The highest BCUT2D eigenvalue weighted by atomic mass is 15.1. The molecule has 2 aromatic heterocycles. The molecule has 350 valence electrons. The molecule has 0 bridgehead atoms. The number of aromatic nitrogens is 3. The molecule has 0 radical (unpaired) electrons. The summed E-state index contributed by atoms with van der Waals surface area (Å²) in [5.74, 6) is 0.718. The van der Waals surface area contributed by atoms with Gasteiger partial charge in [0.15, 0.2) is 5.82 Å².